The second kappa shape index (κ2) is 26.9. The van der Waals surface area contributed by atoms with E-state index in [4.69, 9.17) is 67.7 Å². The summed E-state index contributed by atoms with van der Waals surface area (Å²) in [7, 11) is 3.88. The fourth-order valence-corrected chi connectivity index (χ4v) is 6.99. The van der Waals surface area contributed by atoms with Crippen LogP contribution in [-0.2, 0) is 44.7 Å². The van der Waals surface area contributed by atoms with Crippen LogP contribution in [0.3, 0.4) is 0 Å². The Balaban J connectivity index is 0.000000956. The molecule has 65 heavy (non-hydrogen) atoms. The van der Waals surface area contributed by atoms with E-state index < -0.39 is 46.5 Å². The second-order valence-electron chi connectivity index (χ2n) is 18.7. The number of thiol groups is 1. The molecule has 1 aliphatic heterocycles. The molecule has 2 heterocycles. The second-order valence-corrected chi connectivity index (χ2v) is 19.6. The number of likely N-dealkylation sites (N-methyl/N-ethyl adjacent to an activating group) is 1. The number of oxazole rings is 1. The fourth-order valence-electron chi connectivity index (χ4n) is 6.77. The summed E-state index contributed by atoms with van der Waals surface area (Å²) in [6.07, 6.45) is -1.25. The number of rotatable bonds is 24. The van der Waals surface area contributed by atoms with Gasteiger partial charge in [-0.1, -0.05) is 58.9 Å². The number of benzene rings is 1. The highest BCUT2D eigenvalue weighted by Gasteiger charge is 2.51. The number of ether oxygens (including phenoxy) is 5. The maximum Gasteiger partial charge on any atom is 0.292 e. The molecule has 372 valence electrons. The lowest BCUT2D eigenvalue weighted by atomic mass is 9.79. The number of anilines is 1. The largest absolute Gasteiger partial charge is 0.490 e. The quantitative estimate of drug-likeness (QED) is 0.0198. The SMILES string of the molecule is C=C(C)C(C)OCC(=N)COC(C)(C)[C@H](OC1OC(C)CC(N(C)C)[C@H]1ON)[C@@H](CCC)C(=O)[C@](C)(S)C(=C)O[C@H](CC)C(C)(C)O.CC(=O)C(C)C.Nc1nc2cc(CO)ccc2o1. The van der Waals surface area contributed by atoms with E-state index in [2.05, 4.69) is 18.1 Å². The maximum atomic E-state index is 14.6. The predicted molar refractivity (Wildman–Crippen MR) is 260 cm³/mol. The lowest BCUT2D eigenvalue weighted by Gasteiger charge is -2.47. The van der Waals surface area contributed by atoms with E-state index in [0.717, 1.165) is 11.1 Å². The van der Waals surface area contributed by atoms with Gasteiger partial charge in [-0.3, -0.25) is 14.4 Å². The first-order chi connectivity index (χ1) is 30.0. The van der Waals surface area contributed by atoms with Gasteiger partial charge in [0.25, 0.3) is 6.01 Å². The zero-order valence-electron chi connectivity index (χ0n) is 41.9. The molecule has 0 radical (unpaired) electrons. The summed E-state index contributed by atoms with van der Waals surface area (Å²) in [4.78, 5) is 36.2. The molecule has 3 rings (SSSR count). The number of Topliss-reactive ketones (excluding diaryl/α,β-unsaturated/α-hetero) is 2. The lowest BCUT2D eigenvalue weighted by Crippen LogP contribution is -2.60. The first-order valence-electron chi connectivity index (χ1n) is 22.4. The molecule has 17 heteroatoms. The van der Waals surface area contributed by atoms with Gasteiger partial charge in [0, 0.05) is 17.9 Å². The zero-order chi connectivity index (χ0) is 50.2. The number of aromatic nitrogens is 1. The molecule has 9 atom stereocenters. The number of hydrogen-bond donors (Lipinski definition) is 6. The van der Waals surface area contributed by atoms with Crippen LogP contribution in [0.1, 0.15) is 121 Å². The van der Waals surface area contributed by atoms with Gasteiger partial charge in [-0.15, -0.1) is 0 Å². The van der Waals surface area contributed by atoms with Crippen molar-refractivity contribution in [3.05, 3.63) is 48.3 Å². The van der Waals surface area contributed by atoms with Gasteiger partial charge in [-0.05, 0) is 113 Å². The Kier molecular flexibility index (Phi) is 24.8. The van der Waals surface area contributed by atoms with Crippen LogP contribution >= 0.6 is 12.6 Å². The zero-order valence-corrected chi connectivity index (χ0v) is 42.8. The number of nitrogen functional groups attached to an aromatic ring is 1. The van der Waals surface area contributed by atoms with Crippen molar-refractivity contribution < 1.29 is 52.7 Å². The van der Waals surface area contributed by atoms with Gasteiger partial charge in [-0.25, -0.2) is 5.90 Å². The van der Waals surface area contributed by atoms with Crippen LogP contribution in [0.15, 0.2) is 47.1 Å². The third-order valence-corrected chi connectivity index (χ3v) is 11.9. The number of nitrogens with zero attached hydrogens (tertiary/aromatic N) is 2. The summed E-state index contributed by atoms with van der Waals surface area (Å²) >= 11 is 4.82. The average molecular weight is 938 g/mol. The van der Waals surface area contributed by atoms with E-state index in [1.807, 2.05) is 81.3 Å². The number of nitrogens with two attached hydrogens (primary N) is 2. The highest BCUT2D eigenvalue weighted by atomic mass is 32.1. The van der Waals surface area contributed by atoms with E-state index in [1.54, 1.807) is 45.9 Å². The molecule has 1 aliphatic rings. The average Bonchev–Trinajstić information content (AvgIpc) is 3.60. The molecule has 1 aromatic carbocycles. The van der Waals surface area contributed by atoms with Gasteiger partial charge in [0.15, 0.2) is 17.7 Å². The summed E-state index contributed by atoms with van der Waals surface area (Å²) < 4.78 is 34.9. The number of carbonyl (C=O) groups excluding carboxylic acids is 2. The van der Waals surface area contributed by atoms with Crippen LogP contribution in [-0.4, -0.2) is 123 Å². The smallest absolute Gasteiger partial charge is 0.292 e. The van der Waals surface area contributed by atoms with E-state index >= 15 is 0 Å². The Morgan fingerprint density at radius 1 is 1.09 bits per heavy atom. The fraction of sp³-hybridized carbons (Fsp3) is 0.708. The molecule has 1 aromatic heterocycles. The van der Waals surface area contributed by atoms with Gasteiger partial charge >= 0.3 is 0 Å². The van der Waals surface area contributed by atoms with Crippen LogP contribution in [0.25, 0.3) is 11.1 Å². The van der Waals surface area contributed by atoms with Crippen molar-refractivity contribution >= 4 is 47.0 Å². The van der Waals surface area contributed by atoms with Gasteiger partial charge in [0.1, 0.15) is 34.0 Å². The minimum Gasteiger partial charge on any atom is -0.490 e. The van der Waals surface area contributed by atoms with Crippen LogP contribution in [0.5, 0.6) is 0 Å². The Morgan fingerprint density at radius 3 is 2.17 bits per heavy atom. The normalized spacial score (nSPS) is 20.6. The van der Waals surface area contributed by atoms with Crippen molar-refractivity contribution in [2.24, 2.45) is 17.7 Å². The van der Waals surface area contributed by atoms with E-state index in [1.165, 1.54) is 0 Å². The summed E-state index contributed by atoms with van der Waals surface area (Å²) in [5, 5.41) is 28.0. The number of ketones is 2. The molecule has 2 aromatic rings. The van der Waals surface area contributed by atoms with Crippen molar-refractivity contribution in [1.82, 2.24) is 9.88 Å². The van der Waals surface area contributed by atoms with Crippen molar-refractivity contribution in [3.63, 3.8) is 0 Å². The number of fused-ring (bicyclic) bond motifs is 1. The van der Waals surface area contributed by atoms with Gasteiger partial charge in [0.05, 0.1) is 55.0 Å². The number of carbonyl (C=O) groups is 2. The first-order valence-corrected chi connectivity index (χ1v) is 22.8. The monoisotopic (exact) mass is 938 g/mol. The van der Waals surface area contributed by atoms with Gasteiger partial charge in [-0.2, -0.15) is 17.6 Å². The molecular formula is C48H83N5O11S. The van der Waals surface area contributed by atoms with Crippen molar-refractivity contribution in [1.29, 1.82) is 5.41 Å². The summed E-state index contributed by atoms with van der Waals surface area (Å²) in [5.41, 5.74) is 6.26. The summed E-state index contributed by atoms with van der Waals surface area (Å²) in [6.45, 7) is 31.6. The minimum absolute atomic E-state index is 0.00268. The Labute approximate surface area is 394 Å². The molecule has 0 spiro atoms. The summed E-state index contributed by atoms with van der Waals surface area (Å²) in [5.74, 6) is 5.38. The van der Waals surface area contributed by atoms with E-state index in [0.29, 0.717) is 36.8 Å². The lowest BCUT2D eigenvalue weighted by molar-refractivity contribution is -0.302. The van der Waals surface area contributed by atoms with Crippen molar-refractivity contribution in [3.8, 4) is 0 Å². The molecule has 0 aliphatic carbocycles. The Morgan fingerprint density at radius 2 is 1.69 bits per heavy atom. The predicted octanol–water partition coefficient (Wildman–Crippen LogP) is 7.38. The topological polar surface area (TPSA) is 235 Å². The van der Waals surface area contributed by atoms with Crippen LogP contribution in [0.4, 0.5) is 6.01 Å². The molecular weight excluding hydrogens is 855 g/mol. The third-order valence-electron chi connectivity index (χ3n) is 11.4. The minimum atomic E-state index is -1.45. The molecule has 7 N–H and O–H groups in total. The number of aliphatic hydroxyl groups is 2. The molecule has 1 fully saturated rings. The standard InChI is InChI=1S/C35H65N3O8S.C8H8N2O2.C5H10O/c1-15-17-26(30(39)35(12,47)24(7)44-28(16-2)33(8,9)40)31(34(10,11)42-20-25(36)19-41-23(6)21(3)4)45-32-29(46-37)27(38(13)14)18-22(5)43-32;9-8-10-6-3-5(4-11)1-2-7(6)12-8;1-4(2)5(3)6/h22-23,26-29,31-32,36,40,47H,3,7,15-20,37H2,1-2,4-6,8-14H3;1-3,11H,4H2,(H2,9,10);4H,1-3H3/t22?,23?,26-,27?,28+,29+,31+,32?,35+;;/m0../s1. The van der Waals surface area contributed by atoms with Crippen LogP contribution in [0, 0.1) is 17.2 Å². The van der Waals surface area contributed by atoms with E-state index in [9.17, 15) is 14.7 Å². The Hall–Kier alpha value is -3.23. The molecule has 0 bridgehead atoms. The van der Waals surface area contributed by atoms with E-state index in [-0.39, 0.29) is 73.0 Å². The van der Waals surface area contributed by atoms with Crippen LogP contribution in [0.2, 0.25) is 0 Å². The summed E-state index contributed by atoms with van der Waals surface area (Å²) in [6, 6.07) is 5.29. The molecule has 0 saturated carbocycles. The number of hydrogen-bond acceptors (Lipinski definition) is 17. The third kappa shape index (κ3) is 18.8. The number of nitrogens with one attached hydrogen (secondary N) is 1. The van der Waals surface area contributed by atoms with Crippen molar-refractivity contribution in [2.45, 2.75) is 181 Å². The maximum absolute atomic E-state index is 14.6. The molecule has 16 nitrogen and oxygen atoms in total. The van der Waals surface area contributed by atoms with Crippen molar-refractivity contribution in [2.75, 3.05) is 33.0 Å². The van der Waals surface area contributed by atoms with Gasteiger partial charge in [0.2, 0.25) is 0 Å². The first kappa shape index (κ1) is 59.8. The molecule has 1 saturated heterocycles. The Bertz CT molecular complexity index is 1830. The highest BCUT2D eigenvalue weighted by Crippen LogP contribution is 2.39. The van der Waals surface area contributed by atoms with Crippen LogP contribution < -0.4 is 11.6 Å². The number of aliphatic hydroxyl groups excluding tert-OH is 1. The molecule has 0 amide bonds. The highest BCUT2D eigenvalue weighted by molar-refractivity contribution is 7.83. The molecule has 4 unspecified atom stereocenters. The van der Waals surface area contributed by atoms with Gasteiger partial charge < -0.3 is 54.4 Å².